The molecule has 14 heavy (non-hydrogen) atoms. The van der Waals surface area contributed by atoms with Gasteiger partial charge in [0.15, 0.2) is 0 Å². The summed E-state index contributed by atoms with van der Waals surface area (Å²) in [4.78, 5) is 11.8. The van der Waals surface area contributed by atoms with Crippen molar-refractivity contribution in [2.45, 2.75) is 17.7 Å². The Kier molecular flexibility index (Phi) is 2.77. The Morgan fingerprint density at radius 1 is 1.43 bits per heavy atom. The molecule has 2 nitrogen and oxygen atoms in total. The summed E-state index contributed by atoms with van der Waals surface area (Å²) in [6, 6.07) is 7.21. The number of benzene rings is 1. The van der Waals surface area contributed by atoms with Gasteiger partial charge in [0.05, 0.1) is 5.56 Å². The summed E-state index contributed by atoms with van der Waals surface area (Å²) in [5.74, 6) is 1.05. The Morgan fingerprint density at radius 2 is 2.14 bits per heavy atom. The van der Waals surface area contributed by atoms with Crippen LogP contribution in [0.1, 0.15) is 23.2 Å². The normalized spacial score (nSPS) is 15.4. The standard InChI is InChI=1S/C11H12O2S/c12-11(13)9-3-1-2-4-10(9)14-7-8-5-6-8/h1-4,8H,5-7H2,(H,12,13). The molecule has 2 rings (SSSR count). The van der Waals surface area contributed by atoms with Crippen molar-refractivity contribution in [3.05, 3.63) is 29.8 Å². The molecule has 0 amide bonds. The van der Waals surface area contributed by atoms with E-state index in [1.54, 1.807) is 23.9 Å². The number of hydrogen-bond donors (Lipinski definition) is 1. The molecular formula is C11H12O2S. The molecule has 0 heterocycles. The lowest BCUT2D eigenvalue weighted by atomic mass is 10.2. The van der Waals surface area contributed by atoms with Crippen molar-refractivity contribution in [3.8, 4) is 0 Å². The molecule has 1 aromatic carbocycles. The number of carboxylic acids is 1. The summed E-state index contributed by atoms with van der Waals surface area (Å²) in [7, 11) is 0. The van der Waals surface area contributed by atoms with Crippen molar-refractivity contribution in [1.29, 1.82) is 0 Å². The van der Waals surface area contributed by atoms with E-state index in [0.29, 0.717) is 5.56 Å². The largest absolute Gasteiger partial charge is 0.478 e. The Morgan fingerprint density at radius 3 is 2.79 bits per heavy atom. The first-order valence-electron chi connectivity index (χ1n) is 4.72. The van der Waals surface area contributed by atoms with Gasteiger partial charge >= 0.3 is 5.97 Å². The maximum Gasteiger partial charge on any atom is 0.336 e. The van der Waals surface area contributed by atoms with Crippen molar-refractivity contribution in [2.75, 3.05) is 5.75 Å². The minimum atomic E-state index is -0.830. The van der Waals surface area contributed by atoms with E-state index in [-0.39, 0.29) is 0 Å². The van der Waals surface area contributed by atoms with Crippen molar-refractivity contribution < 1.29 is 9.90 Å². The van der Waals surface area contributed by atoms with E-state index in [2.05, 4.69) is 0 Å². The number of aromatic carboxylic acids is 1. The molecular weight excluding hydrogens is 196 g/mol. The first kappa shape index (κ1) is 9.59. The smallest absolute Gasteiger partial charge is 0.336 e. The van der Waals surface area contributed by atoms with Crippen LogP contribution in [0.5, 0.6) is 0 Å². The molecule has 0 bridgehead atoms. The highest BCUT2D eigenvalue weighted by molar-refractivity contribution is 7.99. The molecule has 3 heteroatoms. The molecule has 1 N–H and O–H groups in total. The molecule has 0 atom stereocenters. The van der Waals surface area contributed by atoms with Crippen LogP contribution in [0.2, 0.25) is 0 Å². The number of carbonyl (C=O) groups is 1. The van der Waals surface area contributed by atoms with Gasteiger partial charge in [0.2, 0.25) is 0 Å². The van der Waals surface area contributed by atoms with Crippen LogP contribution in [-0.2, 0) is 0 Å². The summed E-state index contributed by atoms with van der Waals surface area (Å²) in [6.07, 6.45) is 2.62. The van der Waals surface area contributed by atoms with Gasteiger partial charge in [-0.1, -0.05) is 12.1 Å². The fourth-order valence-corrected chi connectivity index (χ4v) is 2.50. The van der Waals surface area contributed by atoms with E-state index in [1.807, 2.05) is 12.1 Å². The molecule has 0 saturated heterocycles. The molecule has 0 aliphatic heterocycles. The van der Waals surface area contributed by atoms with Crippen LogP contribution in [0.3, 0.4) is 0 Å². The number of thioether (sulfide) groups is 1. The lowest BCUT2D eigenvalue weighted by Crippen LogP contribution is -1.98. The van der Waals surface area contributed by atoms with Crippen LogP contribution < -0.4 is 0 Å². The molecule has 74 valence electrons. The molecule has 1 fully saturated rings. The molecule has 1 aromatic rings. The first-order chi connectivity index (χ1) is 6.77. The predicted molar refractivity (Wildman–Crippen MR) is 56.8 cm³/mol. The average molecular weight is 208 g/mol. The zero-order chi connectivity index (χ0) is 9.97. The van der Waals surface area contributed by atoms with Gasteiger partial charge in [0, 0.05) is 10.6 Å². The first-order valence-corrected chi connectivity index (χ1v) is 5.71. The SMILES string of the molecule is O=C(O)c1ccccc1SCC1CC1. The highest BCUT2D eigenvalue weighted by Crippen LogP contribution is 2.35. The van der Waals surface area contributed by atoms with Gasteiger partial charge in [-0.25, -0.2) is 4.79 Å². The van der Waals surface area contributed by atoms with Gasteiger partial charge < -0.3 is 5.11 Å². The van der Waals surface area contributed by atoms with Crippen LogP contribution in [0, 0.1) is 5.92 Å². The fraction of sp³-hybridized carbons (Fsp3) is 0.364. The highest BCUT2D eigenvalue weighted by Gasteiger charge is 2.22. The zero-order valence-corrected chi connectivity index (χ0v) is 8.59. The van der Waals surface area contributed by atoms with Gasteiger partial charge in [-0.05, 0) is 30.9 Å². The van der Waals surface area contributed by atoms with Crippen LogP contribution in [0.15, 0.2) is 29.2 Å². The Labute approximate surface area is 87.3 Å². The second-order valence-corrected chi connectivity index (χ2v) is 4.62. The molecule has 0 radical (unpaired) electrons. The van der Waals surface area contributed by atoms with Crippen molar-refractivity contribution in [3.63, 3.8) is 0 Å². The number of hydrogen-bond acceptors (Lipinski definition) is 2. The topological polar surface area (TPSA) is 37.3 Å². The summed E-state index contributed by atoms with van der Waals surface area (Å²) in [6.45, 7) is 0. The third kappa shape index (κ3) is 2.29. The van der Waals surface area contributed by atoms with Gasteiger partial charge in [0.25, 0.3) is 0 Å². The molecule has 1 aliphatic rings. The summed E-state index contributed by atoms with van der Waals surface area (Å²) >= 11 is 1.67. The second-order valence-electron chi connectivity index (χ2n) is 3.56. The van der Waals surface area contributed by atoms with Crippen molar-refractivity contribution >= 4 is 17.7 Å². The summed E-state index contributed by atoms with van der Waals surface area (Å²) < 4.78 is 0. The van der Waals surface area contributed by atoms with Crippen LogP contribution in [0.25, 0.3) is 0 Å². The minimum absolute atomic E-state index is 0.429. The molecule has 1 aliphatic carbocycles. The Hall–Kier alpha value is -0.960. The maximum absolute atomic E-state index is 10.9. The monoisotopic (exact) mass is 208 g/mol. The Bertz CT molecular complexity index is 345. The minimum Gasteiger partial charge on any atom is -0.478 e. The van der Waals surface area contributed by atoms with Crippen LogP contribution in [0.4, 0.5) is 0 Å². The number of rotatable bonds is 4. The summed E-state index contributed by atoms with van der Waals surface area (Å²) in [5.41, 5.74) is 0.429. The highest BCUT2D eigenvalue weighted by atomic mass is 32.2. The zero-order valence-electron chi connectivity index (χ0n) is 7.77. The summed E-state index contributed by atoms with van der Waals surface area (Å²) in [5, 5.41) is 8.93. The molecule has 0 unspecified atom stereocenters. The number of carboxylic acid groups (broad SMARTS) is 1. The van der Waals surface area contributed by atoms with Crippen LogP contribution >= 0.6 is 11.8 Å². The third-order valence-corrected chi connectivity index (χ3v) is 3.59. The van der Waals surface area contributed by atoms with Gasteiger partial charge in [-0.2, -0.15) is 0 Å². The van der Waals surface area contributed by atoms with E-state index in [4.69, 9.17) is 5.11 Å². The van der Waals surface area contributed by atoms with Gasteiger partial charge in [-0.3, -0.25) is 0 Å². The van der Waals surface area contributed by atoms with Crippen LogP contribution in [-0.4, -0.2) is 16.8 Å². The van der Waals surface area contributed by atoms with Crippen molar-refractivity contribution in [2.24, 2.45) is 5.92 Å². The lowest BCUT2D eigenvalue weighted by Gasteiger charge is -2.03. The fourth-order valence-electron chi connectivity index (χ4n) is 1.26. The average Bonchev–Trinajstić information content (AvgIpc) is 2.98. The molecule has 0 aromatic heterocycles. The lowest BCUT2D eigenvalue weighted by molar-refractivity contribution is 0.0693. The van der Waals surface area contributed by atoms with E-state index >= 15 is 0 Å². The quantitative estimate of drug-likeness (QED) is 0.773. The van der Waals surface area contributed by atoms with Gasteiger partial charge in [-0.15, -0.1) is 11.8 Å². The van der Waals surface area contributed by atoms with E-state index in [9.17, 15) is 4.79 Å². The van der Waals surface area contributed by atoms with Gasteiger partial charge in [0.1, 0.15) is 0 Å². The maximum atomic E-state index is 10.9. The van der Waals surface area contributed by atoms with Crippen molar-refractivity contribution in [1.82, 2.24) is 0 Å². The van der Waals surface area contributed by atoms with E-state index in [1.165, 1.54) is 12.8 Å². The van der Waals surface area contributed by atoms with E-state index < -0.39 is 5.97 Å². The predicted octanol–water partition coefficient (Wildman–Crippen LogP) is 2.89. The van der Waals surface area contributed by atoms with E-state index in [0.717, 1.165) is 16.6 Å². The third-order valence-electron chi connectivity index (χ3n) is 2.29. The Balaban J connectivity index is 2.09. The second kappa shape index (κ2) is 4.05. The molecule has 1 saturated carbocycles. The molecule has 0 spiro atoms.